The SMILES string of the molecule is c1ccc(-c2nc(CN3CCN(CC4CCCCO4)CC3)cs2)cc1. The van der Waals surface area contributed by atoms with Gasteiger partial charge in [-0.05, 0) is 19.3 Å². The lowest BCUT2D eigenvalue weighted by atomic mass is 10.1. The third-order valence-corrected chi connectivity index (χ3v) is 6.10. The monoisotopic (exact) mass is 357 g/mol. The van der Waals surface area contributed by atoms with Gasteiger partial charge in [-0.25, -0.2) is 4.98 Å². The first kappa shape index (κ1) is 17.2. The van der Waals surface area contributed by atoms with Gasteiger partial charge in [0.15, 0.2) is 0 Å². The molecule has 1 atom stereocenters. The summed E-state index contributed by atoms with van der Waals surface area (Å²) in [6, 6.07) is 10.5. The molecule has 1 aromatic carbocycles. The molecular weight excluding hydrogens is 330 g/mol. The van der Waals surface area contributed by atoms with Crippen LogP contribution in [-0.2, 0) is 11.3 Å². The maximum absolute atomic E-state index is 5.88. The summed E-state index contributed by atoms with van der Waals surface area (Å²) in [4.78, 5) is 9.93. The van der Waals surface area contributed by atoms with Crippen LogP contribution in [0.2, 0.25) is 0 Å². The molecule has 134 valence electrons. The second kappa shape index (κ2) is 8.41. The van der Waals surface area contributed by atoms with Crippen LogP contribution in [0.1, 0.15) is 25.0 Å². The zero-order valence-corrected chi connectivity index (χ0v) is 15.6. The van der Waals surface area contributed by atoms with E-state index in [0.29, 0.717) is 6.10 Å². The third kappa shape index (κ3) is 4.67. The van der Waals surface area contributed by atoms with Gasteiger partial charge in [-0.3, -0.25) is 9.80 Å². The van der Waals surface area contributed by atoms with Crippen LogP contribution < -0.4 is 0 Å². The van der Waals surface area contributed by atoms with Crippen molar-refractivity contribution in [3.63, 3.8) is 0 Å². The minimum atomic E-state index is 0.465. The lowest BCUT2D eigenvalue weighted by Crippen LogP contribution is -2.48. The molecule has 25 heavy (non-hydrogen) atoms. The highest BCUT2D eigenvalue weighted by Crippen LogP contribution is 2.24. The summed E-state index contributed by atoms with van der Waals surface area (Å²) in [6.45, 7) is 7.60. The number of hydrogen-bond donors (Lipinski definition) is 0. The Hall–Kier alpha value is -1.27. The highest BCUT2D eigenvalue weighted by atomic mass is 32.1. The number of nitrogens with zero attached hydrogens (tertiary/aromatic N) is 3. The number of thiazole rings is 1. The number of aromatic nitrogens is 1. The van der Waals surface area contributed by atoms with Gasteiger partial charge in [-0.15, -0.1) is 11.3 Å². The van der Waals surface area contributed by atoms with Gasteiger partial charge in [0, 0.05) is 56.8 Å². The summed E-state index contributed by atoms with van der Waals surface area (Å²) in [7, 11) is 0. The van der Waals surface area contributed by atoms with Crippen molar-refractivity contribution in [1.29, 1.82) is 0 Å². The Bertz CT molecular complexity index is 646. The standard InChI is InChI=1S/C20H27N3OS/c1-2-6-17(7-3-1)20-21-18(16-25-20)14-22-9-11-23(12-10-22)15-19-8-4-5-13-24-19/h1-3,6-7,16,19H,4-5,8-15H2. The molecule has 0 N–H and O–H groups in total. The first-order valence-corrected chi connectivity index (χ1v) is 10.3. The molecule has 1 aromatic heterocycles. The van der Waals surface area contributed by atoms with Crippen molar-refractivity contribution >= 4 is 11.3 Å². The van der Waals surface area contributed by atoms with E-state index in [0.717, 1.165) is 50.9 Å². The third-order valence-electron chi connectivity index (χ3n) is 5.16. The summed E-state index contributed by atoms with van der Waals surface area (Å²) in [5.74, 6) is 0. The van der Waals surface area contributed by atoms with Gasteiger partial charge >= 0.3 is 0 Å². The second-order valence-electron chi connectivity index (χ2n) is 7.08. The molecule has 0 spiro atoms. The number of piperazine rings is 1. The van der Waals surface area contributed by atoms with Crippen LogP contribution in [0.5, 0.6) is 0 Å². The van der Waals surface area contributed by atoms with Crippen LogP contribution in [0, 0.1) is 0 Å². The topological polar surface area (TPSA) is 28.6 Å². The molecule has 0 saturated carbocycles. The van der Waals surface area contributed by atoms with Crippen LogP contribution in [0.25, 0.3) is 10.6 Å². The molecule has 4 rings (SSSR count). The molecule has 4 nitrogen and oxygen atoms in total. The van der Waals surface area contributed by atoms with Gasteiger partial charge in [0.05, 0.1) is 11.8 Å². The van der Waals surface area contributed by atoms with E-state index in [4.69, 9.17) is 9.72 Å². The van der Waals surface area contributed by atoms with E-state index in [2.05, 4.69) is 45.5 Å². The highest BCUT2D eigenvalue weighted by molar-refractivity contribution is 7.13. The zero-order chi connectivity index (χ0) is 16.9. The predicted molar refractivity (Wildman–Crippen MR) is 103 cm³/mol. The van der Waals surface area contributed by atoms with Crippen LogP contribution in [-0.4, -0.2) is 60.2 Å². The van der Waals surface area contributed by atoms with Gasteiger partial charge in [-0.1, -0.05) is 30.3 Å². The van der Waals surface area contributed by atoms with Crippen LogP contribution in [0.4, 0.5) is 0 Å². The van der Waals surface area contributed by atoms with E-state index in [-0.39, 0.29) is 0 Å². The largest absolute Gasteiger partial charge is 0.377 e. The Kier molecular flexibility index (Phi) is 5.77. The molecule has 0 radical (unpaired) electrons. The van der Waals surface area contributed by atoms with E-state index >= 15 is 0 Å². The number of rotatable bonds is 5. The Morgan fingerprint density at radius 1 is 1.04 bits per heavy atom. The molecule has 0 aliphatic carbocycles. The molecule has 2 aliphatic heterocycles. The number of ether oxygens (including phenoxy) is 1. The quantitative estimate of drug-likeness (QED) is 0.819. The van der Waals surface area contributed by atoms with Gasteiger partial charge in [0.25, 0.3) is 0 Å². The molecule has 1 unspecified atom stereocenters. The molecule has 2 fully saturated rings. The Balaban J connectivity index is 1.25. The molecule has 0 amide bonds. The van der Waals surface area contributed by atoms with Crippen molar-refractivity contribution in [1.82, 2.24) is 14.8 Å². The minimum absolute atomic E-state index is 0.465. The maximum atomic E-state index is 5.88. The van der Waals surface area contributed by atoms with E-state index in [1.54, 1.807) is 11.3 Å². The Labute approximate surface area is 154 Å². The molecule has 2 aromatic rings. The van der Waals surface area contributed by atoms with Crippen molar-refractivity contribution in [2.45, 2.75) is 31.9 Å². The number of hydrogen-bond acceptors (Lipinski definition) is 5. The fourth-order valence-electron chi connectivity index (χ4n) is 3.69. The molecule has 3 heterocycles. The fraction of sp³-hybridized carbons (Fsp3) is 0.550. The van der Waals surface area contributed by atoms with Crippen molar-refractivity contribution < 1.29 is 4.74 Å². The van der Waals surface area contributed by atoms with Crippen molar-refractivity contribution in [2.75, 3.05) is 39.3 Å². The van der Waals surface area contributed by atoms with Gasteiger partial charge in [0.2, 0.25) is 0 Å². The van der Waals surface area contributed by atoms with Crippen molar-refractivity contribution in [3.8, 4) is 10.6 Å². The molecule has 0 bridgehead atoms. The first-order chi connectivity index (χ1) is 12.4. The lowest BCUT2D eigenvalue weighted by molar-refractivity contribution is -0.0146. The molecule has 2 aliphatic rings. The van der Waals surface area contributed by atoms with Gasteiger partial charge in [0.1, 0.15) is 5.01 Å². The second-order valence-corrected chi connectivity index (χ2v) is 7.93. The summed E-state index contributed by atoms with van der Waals surface area (Å²) in [5.41, 5.74) is 2.42. The van der Waals surface area contributed by atoms with Gasteiger partial charge in [-0.2, -0.15) is 0 Å². The van der Waals surface area contributed by atoms with E-state index in [1.807, 2.05) is 0 Å². The number of benzene rings is 1. The van der Waals surface area contributed by atoms with Crippen LogP contribution in [0.3, 0.4) is 0 Å². The summed E-state index contributed by atoms with van der Waals surface area (Å²) in [6.07, 6.45) is 4.27. The molecular formula is C20H27N3OS. The Morgan fingerprint density at radius 3 is 2.60 bits per heavy atom. The molecule has 2 saturated heterocycles. The van der Waals surface area contributed by atoms with E-state index in [9.17, 15) is 0 Å². The minimum Gasteiger partial charge on any atom is -0.377 e. The van der Waals surface area contributed by atoms with Gasteiger partial charge < -0.3 is 4.74 Å². The van der Waals surface area contributed by atoms with Crippen LogP contribution in [0.15, 0.2) is 35.7 Å². The van der Waals surface area contributed by atoms with Crippen molar-refractivity contribution in [2.24, 2.45) is 0 Å². The van der Waals surface area contributed by atoms with E-state index in [1.165, 1.54) is 30.5 Å². The summed E-state index contributed by atoms with van der Waals surface area (Å²) in [5, 5.41) is 3.34. The predicted octanol–water partition coefficient (Wildman–Crippen LogP) is 3.50. The zero-order valence-electron chi connectivity index (χ0n) is 14.8. The van der Waals surface area contributed by atoms with Crippen molar-refractivity contribution in [3.05, 3.63) is 41.4 Å². The van der Waals surface area contributed by atoms with Crippen LogP contribution >= 0.6 is 11.3 Å². The maximum Gasteiger partial charge on any atom is 0.123 e. The smallest absolute Gasteiger partial charge is 0.123 e. The Morgan fingerprint density at radius 2 is 1.84 bits per heavy atom. The normalized spacial score (nSPS) is 23.0. The summed E-state index contributed by atoms with van der Waals surface area (Å²) >= 11 is 1.75. The first-order valence-electron chi connectivity index (χ1n) is 9.43. The molecule has 5 heteroatoms. The lowest BCUT2D eigenvalue weighted by Gasteiger charge is -2.36. The average Bonchev–Trinajstić information content (AvgIpc) is 3.14. The average molecular weight is 358 g/mol. The summed E-state index contributed by atoms with van der Waals surface area (Å²) < 4.78 is 5.88. The highest BCUT2D eigenvalue weighted by Gasteiger charge is 2.22. The fourth-order valence-corrected chi connectivity index (χ4v) is 4.51. The van der Waals surface area contributed by atoms with E-state index < -0.39 is 0 Å².